The van der Waals surface area contributed by atoms with Crippen LogP contribution in [0, 0.1) is 11.8 Å². The Hall–Kier alpha value is -3.53. The molecular formula is C17H14N6O. The van der Waals surface area contributed by atoms with Crippen LogP contribution in [-0.2, 0) is 7.05 Å². The predicted molar refractivity (Wildman–Crippen MR) is 88.5 cm³/mol. The lowest BCUT2D eigenvalue weighted by Gasteiger charge is -2.06. The molecule has 0 saturated heterocycles. The number of fused-ring (bicyclic) bond motifs is 1. The van der Waals surface area contributed by atoms with E-state index in [1.54, 1.807) is 35.0 Å². The van der Waals surface area contributed by atoms with E-state index in [2.05, 4.69) is 32.0 Å². The van der Waals surface area contributed by atoms with Gasteiger partial charge >= 0.3 is 0 Å². The lowest BCUT2D eigenvalue weighted by atomic mass is 10.1. The molecule has 0 unspecified atom stereocenters. The van der Waals surface area contributed by atoms with E-state index >= 15 is 0 Å². The molecule has 0 amide bonds. The first kappa shape index (κ1) is 14.1. The Labute approximate surface area is 137 Å². The number of aromatic amines is 1. The summed E-state index contributed by atoms with van der Waals surface area (Å²) in [6.45, 7) is 0. The fourth-order valence-corrected chi connectivity index (χ4v) is 2.52. The van der Waals surface area contributed by atoms with Crippen LogP contribution in [0.5, 0.6) is 5.75 Å². The fourth-order valence-electron chi connectivity index (χ4n) is 2.52. The quantitative estimate of drug-likeness (QED) is 0.573. The van der Waals surface area contributed by atoms with Gasteiger partial charge in [0.25, 0.3) is 0 Å². The molecule has 0 atom stereocenters. The molecule has 4 aromatic heterocycles. The van der Waals surface area contributed by atoms with Gasteiger partial charge in [0, 0.05) is 30.6 Å². The summed E-state index contributed by atoms with van der Waals surface area (Å²) in [7, 11) is 3.53. The van der Waals surface area contributed by atoms with E-state index in [-0.39, 0.29) is 0 Å². The highest BCUT2D eigenvalue weighted by Gasteiger charge is 2.12. The Morgan fingerprint density at radius 3 is 2.71 bits per heavy atom. The summed E-state index contributed by atoms with van der Waals surface area (Å²) in [5.74, 6) is 6.85. The van der Waals surface area contributed by atoms with Crippen molar-refractivity contribution in [2.75, 3.05) is 7.11 Å². The summed E-state index contributed by atoms with van der Waals surface area (Å²) in [4.78, 5) is 6.91. The van der Waals surface area contributed by atoms with Crippen molar-refractivity contribution >= 4 is 5.52 Å². The third-order valence-electron chi connectivity index (χ3n) is 3.66. The SMILES string of the molecule is COc1cc(-c2cnn(C)c2)cn2ncc(C#Cc3cnc[nH]3)c12. The van der Waals surface area contributed by atoms with E-state index in [4.69, 9.17) is 4.74 Å². The zero-order chi connectivity index (χ0) is 16.5. The van der Waals surface area contributed by atoms with Crippen molar-refractivity contribution < 1.29 is 4.74 Å². The van der Waals surface area contributed by atoms with Crippen molar-refractivity contribution in [1.29, 1.82) is 0 Å². The van der Waals surface area contributed by atoms with Crippen LogP contribution in [0.25, 0.3) is 16.6 Å². The second kappa shape index (κ2) is 5.59. The maximum atomic E-state index is 5.56. The molecule has 118 valence electrons. The average molecular weight is 318 g/mol. The number of ether oxygens (including phenoxy) is 1. The van der Waals surface area contributed by atoms with Crippen molar-refractivity contribution in [2.45, 2.75) is 0 Å². The monoisotopic (exact) mass is 318 g/mol. The molecular weight excluding hydrogens is 304 g/mol. The molecule has 0 saturated carbocycles. The average Bonchev–Trinajstić information content (AvgIpc) is 3.32. The summed E-state index contributed by atoms with van der Waals surface area (Å²) in [6.07, 6.45) is 10.7. The van der Waals surface area contributed by atoms with Crippen LogP contribution in [0.3, 0.4) is 0 Å². The van der Waals surface area contributed by atoms with E-state index in [9.17, 15) is 0 Å². The summed E-state index contributed by atoms with van der Waals surface area (Å²) in [5, 5.41) is 8.61. The minimum Gasteiger partial charge on any atom is -0.494 e. The molecule has 0 spiro atoms. The standard InChI is InChI=1S/C17H14N6O/c1-22-9-14(7-20-22)13-5-16(24-2)17-12(6-21-23(17)10-13)3-4-15-8-18-11-19-15/h5-11H,1-2H3,(H,18,19). The molecule has 0 aliphatic heterocycles. The number of H-pyrrole nitrogens is 1. The van der Waals surface area contributed by atoms with Crippen molar-refractivity contribution in [1.82, 2.24) is 29.4 Å². The Balaban J connectivity index is 1.84. The van der Waals surface area contributed by atoms with Crippen LogP contribution in [0.15, 0.2) is 43.4 Å². The van der Waals surface area contributed by atoms with Gasteiger partial charge < -0.3 is 9.72 Å². The third-order valence-corrected chi connectivity index (χ3v) is 3.66. The van der Waals surface area contributed by atoms with E-state index in [0.29, 0.717) is 5.75 Å². The molecule has 0 aliphatic carbocycles. The normalized spacial score (nSPS) is 10.6. The fraction of sp³-hybridized carbons (Fsp3) is 0.118. The van der Waals surface area contributed by atoms with Crippen molar-refractivity contribution in [3.05, 3.63) is 54.6 Å². The molecule has 0 fully saturated rings. The number of hydrogen-bond donors (Lipinski definition) is 1. The Morgan fingerprint density at radius 1 is 1.08 bits per heavy atom. The van der Waals surface area contributed by atoms with Gasteiger partial charge in [-0.05, 0) is 12.0 Å². The number of aryl methyl sites for hydroxylation is 1. The van der Waals surface area contributed by atoms with Crippen LogP contribution in [-0.4, -0.2) is 36.5 Å². The molecule has 7 heteroatoms. The third kappa shape index (κ3) is 2.40. The zero-order valence-electron chi connectivity index (χ0n) is 13.2. The first-order valence-electron chi connectivity index (χ1n) is 7.29. The molecule has 0 radical (unpaired) electrons. The van der Waals surface area contributed by atoms with E-state index < -0.39 is 0 Å². The lowest BCUT2D eigenvalue weighted by Crippen LogP contribution is -1.94. The number of hydrogen-bond acceptors (Lipinski definition) is 4. The van der Waals surface area contributed by atoms with Gasteiger partial charge in [-0.25, -0.2) is 9.50 Å². The van der Waals surface area contributed by atoms with Crippen LogP contribution in [0.2, 0.25) is 0 Å². The number of nitrogens with zero attached hydrogens (tertiary/aromatic N) is 5. The highest BCUT2D eigenvalue weighted by atomic mass is 16.5. The minimum atomic E-state index is 0.711. The number of methoxy groups -OCH3 is 1. The smallest absolute Gasteiger partial charge is 0.146 e. The van der Waals surface area contributed by atoms with Gasteiger partial charge in [-0.3, -0.25) is 4.68 Å². The maximum Gasteiger partial charge on any atom is 0.146 e. The van der Waals surface area contributed by atoms with Gasteiger partial charge in [0.15, 0.2) is 0 Å². The molecule has 0 bridgehead atoms. The number of pyridine rings is 1. The molecule has 7 nitrogen and oxygen atoms in total. The topological polar surface area (TPSA) is 73.0 Å². The van der Waals surface area contributed by atoms with Gasteiger partial charge in [0.05, 0.1) is 37.6 Å². The second-order valence-corrected chi connectivity index (χ2v) is 5.27. The molecule has 24 heavy (non-hydrogen) atoms. The Bertz CT molecular complexity index is 1060. The van der Waals surface area contributed by atoms with E-state index in [1.807, 2.05) is 31.7 Å². The van der Waals surface area contributed by atoms with Crippen LogP contribution in [0.1, 0.15) is 11.3 Å². The van der Waals surface area contributed by atoms with Gasteiger partial charge in [0.1, 0.15) is 17.0 Å². The highest BCUT2D eigenvalue weighted by Crippen LogP contribution is 2.29. The molecule has 4 rings (SSSR count). The van der Waals surface area contributed by atoms with Crippen molar-refractivity contribution in [3.8, 4) is 28.7 Å². The number of imidazole rings is 1. The van der Waals surface area contributed by atoms with Gasteiger partial charge in [-0.15, -0.1) is 0 Å². The largest absolute Gasteiger partial charge is 0.494 e. The molecule has 4 heterocycles. The number of rotatable bonds is 2. The first-order valence-corrected chi connectivity index (χ1v) is 7.29. The van der Waals surface area contributed by atoms with Crippen molar-refractivity contribution in [3.63, 3.8) is 0 Å². The number of aromatic nitrogens is 6. The van der Waals surface area contributed by atoms with Crippen LogP contribution >= 0.6 is 0 Å². The summed E-state index contributed by atoms with van der Waals surface area (Å²) < 4.78 is 9.09. The van der Waals surface area contributed by atoms with E-state index in [1.165, 1.54) is 0 Å². The molecule has 0 aromatic carbocycles. The summed E-state index contributed by atoms with van der Waals surface area (Å²) in [5.41, 5.74) is 4.35. The van der Waals surface area contributed by atoms with Crippen molar-refractivity contribution in [2.24, 2.45) is 7.05 Å². The minimum absolute atomic E-state index is 0.711. The Kier molecular flexibility index (Phi) is 3.28. The van der Waals surface area contributed by atoms with Crippen LogP contribution in [0.4, 0.5) is 0 Å². The first-order chi connectivity index (χ1) is 11.7. The number of nitrogens with one attached hydrogen (secondary N) is 1. The maximum absolute atomic E-state index is 5.56. The van der Waals surface area contributed by atoms with Gasteiger partial charge in [0.2, 0.25) is 0 Å². The lowest BCUT2D eigenvalue weighted by molar-refractivity contribution is 0.417. The van der Waals surface area contributed by atoms with Gasteiger partial charge in [-0.1, -0.05) is 5.92 Å². The van der Waals surface area contributed by atoms with E-state index in [0.717, 1.165) is 27.9 Å². The summed E-state index contributed by atoms with van der Waals surface area (Å²) in [6, 6.07) is 1.97. The highest BCUT2D eigenvalue weighted by molar-refractivity contribution is 5.75. The predicted octanol–water partition coefficient (Wildman–Crippen LogP) is 1.87. The molecule has 1 N–H and O–H groups in total. The second-order valence-electron chi connectivity index (χ2n) is 5.27. The summed E-state index contributed by atoms with van der Waals surface area (Å²) >= 11 is 0. The molecule has 0 aliphatic rings. The van der Waals surface area contributed by atoms with Gasteiger partial charge in [-0.2, -0.15) is 10.2 Å². The Morgan fingerprint density at radius 2 is 2.00 bits per heavy atom. The zero-order valence-corrected chi connectivity index (χ0v) is 13.2. The molecule has 4 aromatic rings. The van der Waals surface area contributed by atoms with Crippen LogP contribution < -0.4 is 4.74 Å².